The number of nitrogens with zero attached hydrogens (tertiary/aromatic N) is 3. The standard InChI is InChI=1S/C27H32ClFN6O3/c1-4-34(5-2)14-6-7-17(3)32-27(38)23-24(25(30)36)35(16-31-23)20-11-9-19(10-12-20)33-26(37)21-13-8-18(29)15-22(21)28/h8-13,15-17H,4-7,14H2,1-3H3,(H2,30,36)(H,32,38)(H,33,37). The van der Waals surface area contributed by atoms with E-state index in [0.29, 0.717) is 11.4 Å². The molecule has 0 saturated carbocycles. The number of halogens is 2. The van der Waals surface area contributed by atoms with Gasteiger partial charge in [-0.05, 0) is 81.9 Å². The van der Waals surface area contributed by atoms with Gasteiger partial charge in [0, 0.05) is 17.4 Å². The molecule has 9 nitrogen and oxygen atoms in total. The summed E-state index contributed by atoms with van der Waals surface area (Å²) in [6, 6.07) is 9.87. The number of aromatic nitrogens is 2. The molecule has 1 aromatic heterocycles. The maximum absolute atomic E-state index is 13.3. The molecule has 3 aromatic rings. The predicted octanol–water partition coefficient (Wildman–Crippen LogP) is 4.26. The first-order valence-electron chi connectivity index (χ1n) is 12.4. The quantitative estimate of drug-likeness (QED) is 0.316. The van der Waals surface area contributed by atoms with Crippen LogP contribution in [0, 0.1) is 5.82 Å². The van der Waals surface area contributed by atoms with Crippen molar-refractivity contribution in [3.05, 3.63) is 76.6 Å². The van der Waals surface area contributed by atoms with E-state index in [9.17, 15) is 18.8 Å². The van der Waals surface area contributed by atoms with Crippen LogP contribution in [0.25, 0.3) is 5.69 Å². The lowest BCUT2D eigenvalue weighted by Gasteiger charge is -2.19. The molecule has 0 bridgehead atoms. The third-order valence-electron chi connectivity index (χ3n) is 6.18. The van der Waals surface area contributed by atoms with Crippen LogP contribution in [0.1, 0.15) is 64.9 Å². The molecule has 38 heavy (non-hydrogen) atoms. The molecule has 2 aromatic carbocycles. The van der Waals surface area contributed by atoms with Crippen molar-refractivity contribution in [2.45, 2.75) is 39.7 Å². The van der Waals surface area contributed by atoms with E-state index in [-0.39, 0.29) is 28.0 Å². The lowest BCUT2D eigenvalue weighted by molar-refractivity contribution is 0.0916. The Bertz CT molecular complexity index is 1290. The minimum Gasteiger partial charge on any atom is -0.364 e. The molecule has 0 aliphatic carbocycles. The summed E-state index contributed by atoms with van der Waals surface area (Å²) in [4.78, 5) is 44.2. The van der Waals surface area contributed by atoms with Crippen molar-refractivity contribution in [1.29, 1.82) is 0 Å². The number of anilines is 1. The van der Waals surface area contributed by atoms with Crippen LogP contribution in [0.2, 0.25) is 5.02 Å². The molecule has 1 heterocycles. The molecule has 202 valence electrons. The molecule has 0 spiro atoms. The number of rotatable bonds is 12. The molecule has 4 N–H and O–H groups in total. The Morgan fingerprint density at radius 2 is 1.79 bits per heavy atom. The van der Waals surface area contributed by atoms with Gasteiger partial charge >= 0.3 is 0 Å². The second kappa shape index (κ2) is 13.2. The van der Waals surface area contributed by atoms with Gasteiger partial charge < -0.3 is 21.3 Å². The Labute approximate surface area is 226 Å². The second-order valence-corrected chi connectivity index (χ2v) is 9.25. The fourth-order valence-electron chi connectivity index (χ4n) is 4.05. The van der Waals surface area contributed by atoms with Gasteiger partial charge in [-0.15, -0.1) is 0 Å². The summed E-state index contributed by atoms with van der Waals surface area (Å²) < 4.78 is 14.7. The summed E-state index contributed by atoms with van der Waals surface area (Å²) in [5.74, 6) is -2.33. The number of nitrogens with one attached hydrogen (secondary N) is 2. The smallest absolute Gasteiger partial charge is 0.272 e. The summed E-state index contributed by atoms with van der Waals surface area (Å²) >= 11 is 5.96. The maximum Gasteiger partial charge on any atom is 0.272 e. The van der Waals surface area contributed by atoms with Gasteiger partial charge in [-0.1, -0.05) is 25.4 Å². The summed E-state index contributed by atoms with van der Waals surface area (Å²) in [6.45, 7) is 9.04. The van der Waals surface area contributed by atoms with E-state index in [2.05, 4.69) is 34.4 Å². The van der Waals surface area contributed by atoms with E-state index in [0.717, 1.165) is 44.6 Å². The first kappa shape index (κ1) is 28.8. The Morgan fingerprint density at radius 3 is 2.39 bits per heavy atom. The summed E-state index contributed by atoms with van der Waals surface area (Å²) in [5, 5.41) is 5.57. The Hall–Kier alpha value is -3.76. The monoisotopic (exact) mass is 542 g/mol. The summed E-state index contributed by atoms with van der Waals surface area (Å²) in [5.41, 5.74) is 6.58. The fourth-order valence-corrected chi connectivity index (χ4v) is 4.30. The van der Waals surface area contributed by atoms with Gasteiger partial charge in [-0.2, -0.15) is 0 Å². The normalized spacial score (nSPS) is 11.8. The van der Waals surface area contributed by atoms with Crippen molar-refractivity contribution < 1.29 is 18.8 Å². The van der Waals surface area contributed by atoms with Crippen molar-refractivity contribution in [1.82, 2.24) is 19.8 Å². The number of imidazole rings is 1. The lowest BCUT2D eigenvalue weighted by Crippen LogP contribution is -2.35. The zero-order chi connectivity index (χ0) is 27.8. The third kappa shape index (κ3) is 7.17. The second-order valence-electron chi connectivity index (χ2n) is 8.84. The first-order chi connectivity index (χ1) is 18.1. The number of primary amides is 1. The molecule has 3 amide bonds. The molecule has 1 unspecified atom stereocenters. The van der Waals surface area contributed by atoms with E-state index in [4.69, 9.17) is 17.3 Å². The average molecular weight is 543 g/mol. The van der Waals surface area contributed by atoms with Crippen LogP contribution in [0.15, 0.2) is 48.8 Å². The molecule has 3 rings (SSSR count). The van der Waals surface area contributed by atoms with Crippen LogP contribution in [-0.2, 0) is 0 Å². The van der Waals surface area contributed by atoms with Gasteiger partial charge in [0.25, 0.3) is 17.7 Å². The number of carbonyl (C=O) groups excluding carboxylic acids is 3. The highest BCUT2D eigenvalue weighted by atomic mass is 35.5. The molecule has 0 saturated heterocycles. The van der Waals surface area contributed by atoms with Crippen LogP contribution in [0.4, 0.5) is 10.1 Å². The minimum atomic E-state index is -0.801. The molecule has 1 atom stereocenters. The predicted molar refractivity (Wildman–Crippen MR) is 145 cm³/mol. The molecule has 11 heteroatoms. The zero-order valence-electron chi connectivity index (χ0n) is 21.6. The van der Waals surface area contributed by atoms with E-state index < -0.39 is 23.5 Å². The maximum atomic E-state index is 13.3. The van der Waals surface area contributed by atoms with Gasteiger partial charge in [0.15, 0.2) is 5.69 Å². The molecule has 0 fully saturated rings. The van der Waals surface area contributed by atoms with Crippen molar-refractivity contribution in [3.8, 4) is 5.69 Å². The van der Waals surface area contributed by atoms with Gasteiger partial charge in [-0.3, -0.25) is 19.0 Å². The van der Waals surface area contributed by atoms with Gasteiger partial charge in [-0.25, -0.2) is 9.37 Å². The molecular formula is C27H32ClFN6O3. The average Bonchev–Trinajstić information content (AvgIpc) is 3.33. The summed E-state index contributed by atoms with van der Waals surface area (Å²) in [6.07, 6.45) is 3.06. The fraction of sp³-hybridized carbons (Fsp3) is 0.333. The topological polar surface area (TPSA) is 122 Å². The highest BCUT2D eigenvalue weighted by Gasteiger charge is 2.24. The van der Waals surface area contributed by atoms with Crippen molar-refractivity contribution >= 4 is 35.0 Å². The van der Waals surface area contributed by atoms with E-state index in [1.54, 1.807) is 24.3 Å². The van der Waals surface area contributed by atoms with Crippen LogP contribution in [0.5, 0.6) is 0 Å². The Balaban J connectivity index is 1.70. The van der Waals surface area contributed by atoms with E-state index in [1.807, 2.05) is 6.92 Å². The molecule has 0 aliphatic heterocycles. The van der Waals surface area contributed by atoms with Crippen LogP contribution in [-0.4, -0.2) is 57.8 Å². The number of nitrogens with two attached hydrogens (primary N) is 1. The number of amides is 3. The van der Waals surface area contributed by atoms with Crippen LogP contribution in [0.3, 0.4) is 0 Å². The Kier molecular flexibility index (Phi) is 9.98. The minimum absolute atomic E-state index is 0.00680. The van der Waals surface area contributed by atoms with Crippen molar-refractivity contribution in [2.24, 2.45) is 5.73 Å². The van der Waals surface area contributed by atoms with Gasteiger partial charge in [0.1, 0.15) is 17.8 Å². The number of hydrogen-bond acceptors (Lipinski definition) is 5. The third-order valence-corrected chi connectivity index (χ3v) is 6.49. The SMILES string of the molecule is CCN(CC)CCCC(C)NC(=O)c1ncn(-c2ccc(NC(=O)c3ccc(F)cc3Cl)cc2)c1C(N)=O. The van der Waals surface area contributed by atoms with Gasteiger partial charge in [0.05, 0.1) is 10.6 Å². The largest absolute Gasteiger partial charge is 0.364 e. The highest BCUT2D eigenvalue weighted by molar-refractivity contribution is 6.34. The number of benzene rings is 2. The van der Waals surface area contributed by atoms with Crippen LogP contribution >= 0.6 is 11.6 Å². The lowest BCUT2D eigenvalue weighted by atomic mass is 10.1. The number of hydrogen-bond donors (Lipinski definition) is 3. The number of carbonyl (C=O) groups is 3. The molecular weight excluding hydrogens is 511 g/mol. The zero-order valence-corrected chi connectivity index (χ0v) is 22.4. The van der Waals surface area contributed by atoms with E-state index >= 15 is 0 Å². The molecule has 0 aliphatic rings. The highest BCUT2D eigenvalue weighted by Crippen LogP contribution is 2.21. The van der Waals surface area contributed by atoms with E-state index in [1.165, 1.54) is 17.0 Å². The summed E-state index contributed by atoms with van der Waals surface area (Å²) in [7, 11) is 0. The Morgan fingerprint density at radius 1 is 1.11 bits per heavy atom. The van der Waals surface area contributed by atoms with Crippen LogP contribution < -0.4 is 16.4 Å². The first-order valence-corrected chi connectivity index (χ1v) is 12.8. The van der Waals surface area contributed by atoms with Gasteiger partial charge in [0.2, 0.25) is 0 Å². The van der Waals surface area contributed by atoms with Crippen molar-refractivity contribution in [3.63, 3.8) is 0 Å². The van der Waals surface area contributed by atoms with Crippen molar-refractivity contribution in [2.75, 3.05) is 25.0 Å². The molecule has 0 radical (unpaired) electrons.